The maximum Gasteiger partial charge on any atom is 0.242 e. The fourth-order valence-corrected chi connectivity index (χ4v) is 2.47. The summed E-state index contributed by atoms with van der Waals surface area (Å²) in [6, 6.07) is 4.58. The van der Waals surface area contributed by atoms with Crippen molar-refractivity contribution < 1.29 is 14.6 Å². The molecule has 0 radical (unpaired) electrons. The summed E-state index contributed by atoms with van der Waals surface area (Å²) in [5.41, 5.74) is 0.398. The lowest BCUT2D eigenvalue weighted by atomic mass is 10.2. The lowest BCUT2D eigenvalue weighted by Crippen LogP contribution is -2.37. The second-order valence-electron chi connectivity index (χ2n) is 3.64. The first-order valence-corrected chi connectivity index (χ1v) is 6.35. The third-order valence-corrected chi connectivity index (χ3v) is 3.44. The number of anilines is 1. The molecule has 1 aliphatic rings. The molecular weight excluding hydrogens is 240 g/mol. The van der Waals surface area contributed by atoms with Crippen molar-refractivity contribution in [3.63, 3.8) is 0 Å². The van der Waals surface area contributed by atoms with Crippen molar-refractivity contribution >= 4 is 23.4 Å². The molecule has 0 spiro atoms. The van der Waals surface area contributed by atoms with Gasteiger partial charge in [0.2, 0.25) is 5.91 Å². The van der Waals surface area contributed by atoms with Gasteiger partial charge in [0, 0.05) is 17.7 Å². The quantitative estimate of drug-likeness (QED) is 0.702. The number of methoxy groups -OCH3 is 1. The molecular formula is C11H14N2O3S. The lowest BCUT2D eigenvalue weighted by molar-refractivity contribution is -0.117. The van der Waals surface area contributed by atoms with E-state index < -0.39 is 0 Å². The molecule has 17 heavy (non-hydrogen) atoms. The molecule has 0 aliphatic carbocycles. The average Bonchev–Trinajstić information content (AvgIpc) is 2.85. The lowest BCUT2D eigenvalue weighted by Gasteiger charge is -2.12. The molecule has 1 saturated heterocycles. The maximum absolute atomic E-state index is 11.8. The summed E-state index contributed by atoms with van der Waals surface area (Å²) < 4.78 is 4.97. The molecule has 1 aromatic carbocycles. The van der Waals surface area contributed by atoms with Crippen LogP contribution < -0.4 is 15.4 Å². The molecule has 1 aliphatic heterocycles. The molecule has 0 bridgehead atoms. The van der Waals surface area contributed by atoms with Crippen LogP contribution in [0.5, 0.6) is 11.5 Å². The fraction of sp³-hybridized carbons (Fsp3) is 0.364. The van der Waals surface area contributed by atoms with Crippen LogP contribution in [0.4, 0.5) is 5.69 Å². The number of ether oxygens (including phenoxy) is 1. The zero-order chi connectivity index (χ0) is 12.3. The number of carbonyl (C=O) groups excluding carboxylic acids is 1. The summed E-state index contributed by atoms with van der Waals surface area (Å²) >= 11 is 1.68. The predicted octanol–water partition coefficient (Wildman–Crippen LogP) is 1.00. The summed E-state index contributed by atoms with van der Waals surface area (Å²) in [7, 11) is 1.52. The van der Waals surface area contributed by atoms with Crippen LogP contribution in [0.25, 0.3) is 0 Å². The summed E-state index contributed by atoms with van der Waals surface area (Å²) in [6.07, 6.45) is 0. The van der Waals surface area contributed by atoms with Gasteiger partial charge in [0.15, 0.2) is 0 Å². The summed E-state index contributed by atoms with van der Waals surface area (Å²) in [4.78, 5) is 11.8. The number of amides is 1. The zero-order valence-electron chi connectivity index (χ0n) is 9.40. The van der Waals surface area contributed by atoms with E-state index in [1.54, 1.807) is 23.9 Å². The second kappa shape index (κ2) is 5.29. The number of rotatable bonds is 3. The number of aromatic hydroxyl groups is 1. The Morgan fingerprint density at radius 3 is 3.06 bits per heavy atom. The van der Waals surface area contributed by atoms with Crippen LogP contribution in [0.3, 0.4) is 0 Å². The summed E-state index contributed by atoms with van der Waals surface area (Å²) in [5.74, 6) is 1.96. The molecule has 1 fully saturated rings. The number of thioether (sulfide) groups is 1. The highest BCUT2D eigenvalue weighted by Crippen LogP contribution is 2.28. The van der Waals surface area contributed by atoms with Gasteiger partial charge >= 0.3 is 0 Å². The van der Waals surface area contributed by atoms with Gasteiger partial charge in [-0.3, -0.25) is 10.1 Å². The third kappa shape index (κ3) is 2.83. The molecule has 0 saturated carbocycles. The number of hydrogen-bond acceptors (Lipinski definition) is 5. The minimum absolute atomic E-state index is 0.00310. The molecule has 1 unspecified atom stereocenters. The van der Waals surface area contributed by atoms with Crippen LogP contribution in [0, 0.1) is 0 Å². The topological polar surface area (TPSA) is 70.6 Å². The maximum atomic E-state index is 11.8. The Balaban J connectivity index is 2.05. The second-order valence-corrected chi connectivity index (χ2v) is 4.67. The van der Waals surface area contributed by atoms with E-state index in [9.17, 15) is 9.90 Å². The predicted molar refractivity (Wildman–Crippen MR) is 67.5 cm³/mol. The number of phenols is 1. The van der Waals surface area contributed by atoms with E-state index in [2.05, 4.69) is 10.6 Å². The minimum atomic E-state index is -0.193. The van der Waals surface area contributed by atoms with Gasteiger partial charge in [0.25, 0.3) is 0 Å². The average molecular weight is 254 g/mol. The van der Waals surface area contributed by atoms with Crippen molar-refractivity contribution in [1.82, 2.24) is 5.32 Å². The smallest absolute Gasteiger partial charge is 0.242 e. The van der Waals surface area contributed by atoms with Gasteiger partial charge in [-0.05, 0) is 12.1 Å². The Bertz CT molecular complexity index is 419. The van der Waals surface area contributed by atoms with Crippen molar-refractivity contribution in [3.8, 4) is 11.5 Å². The van der Waals surface area contributed by atoms with E-state index in [1.807, 2.05) is 0 Å². The monoisotopic (exact) mass is 254 g/mol. The molecule has 6 heteroatoms. The molecule has 5 nitrogen and oxygen atoms in total. The molecule has 1 aromatic rings. The van der Waals surface area contributed by atoms with E-state index in [4.69, 9.17) is 4.74 Å². The Labute approximate surface area is 104 Å². The minimum Gasteiger partial charge on any atom is -0.506 e. The summed E-state index contributed by atoms with van der Waals surface area (Å²) in [6.45, 7) is 0. The molecule has 0 aromatic heterocycles. The standard InChI is InChI=1S/C11H14N2O3S/c1-16-7-2-3-8(10(14)4-7)13-11(15)9-5-17-6-12-9/h2-4,9,12,14H,5-6H2,1H3,(H,13,15). The number of hydrogen-bond donors (Lipinski definition) is 3. The molecule has 2 rings (SSSR count). The van der Waals surface area contributed by atoms with E-state index in [0.29, 0.717) is 11.4 Å². The van der Waals surface area contributed by atoms with Gasteiger partial charge in [-0.2, -0.15) is 0 Å². The van der Waals surface area contributed by atoms with E-state index >= 15 is 0 Å². The van der Waals surface area contributed by atoms with Crippen molar-refractivity contribution in [2.75, 3.05) is 24.1 Å². The van der Waals surface area contributed by atoms with Crippen molar-refractivity contribution in [1.29, 1.82) is 0 Å². The van der Waals surface area contributed by atoms with Crippen molar-refractivity contribution in [2.24, 2.45) is 0 Å². The zero-order valence-corrected chi connectivity index (χ0v) is 10.2. The Kier molecular flexibility index (Phi) is 3.75. The molecule has 1 amide bonds. The molecule has 1 heterocycles. The van der Waals surface area contributed by atoms with E-state index in [1.165, 1.54) is 13.2 Å². The highest BCUT2D eigenvalue weighted by Gasteiger charge is 2.23. The Morgan fingerprint density at radius 2 is 2.47 bits per heavy atom. The molecule has 1 atom stereocenters. The Morgan fingerprint density at radius 1 is 1.65 bits per heavy atom. The number of carbonyl (C=O) groups is 1. The summed E-state index contributed by atoms with van der Waals surface area (Å²) in [5, 5.41) is 15.4. The number of nitrogens with one attached hydrogen (secondary N) is 2. The van der Waals surface area contributed by atoms with Crippen LogP contribution in [0.1, 0.15) is 0 Å². The van der Waals surface area contributed by atoms with Crippen molar-refractivity contribution in [3.05, 3.63) is 18.2 Å². The molecule has 92 valence electrons. The van der Waals surface area contributed by atoms with E-state index in [0.717, 1.165) is 11.6 Å². The van der Waals surface area contributed by atoms with Gasteiger partial charge in [-0.25, -0.2) is 0 Å². The van der Waals surface area contributed by atoms with Crippen LogP contribution in [0.2, 0.25) is 0 Å². The first kappa shape index (κ1) is 12.1. The van der Waals surface area contributed by atoms with Crippen molar-refractivity contribution in [2.45, 2.75) is 6.04 Å². The van der Waals surface area contributed by atoms with Crippen LogP contribution >= 0.6 is 11.8 Å². The van der Waals surface area contributed by atoms with Gasteiger partial charge in [-0.15, -0.1) is 11.8 Å². The number of benzene rings is 1. The number of phenolic OH excluding ortho intramolecular Hbond substituents is 1. The first-order chi connectivity index (χ1) is 8.20. The normalized spacial score (nSPS) is 19.0. The largest absolute Gasteiger partial charge is 0.506 e. The van der Waals surface area contributed by atoms with Crippen LogP contribution in [-0.4, -0.2) is 35.8 Å². The fourth-order valence-electron chi connectivity index (χ4n) is 1.53. The van der Waals surface area contributed by atoms with Gasteiger partial charge in [0.05, 0.1) is 18.8 Å². The highest BCUT2D eigenvalue weighted by molar-refractivity contribution is 7.99. The molecule has 3 N–H and O–H groups in total. The van der Waals surface area contributed by atoms with Gasteiger partial charge in [-0.1, -0.05) is 0 Å². The third-order valence-electron chi connectivity index (χ3n) is 2.50. The highest BCUT2D eigenvalue weighted by atomic mass is 32.2. The van der Waals surface area contributed by atoms with E-state index in [-0.39, 0.29) is 17.7 Å². The van der Waals surface area contributed by atoms with Crippen LogP contribution in [-0.2, 0) is 4.79 Å². The first-order valence-electron chi connectivity index (χ1n) is 5.19. The van der Waals surface area contributed by atoms with Gasteiger partial charge < -0.3 is 15.2 Å². The van der Waals surface area contributed by atoms with Crippen LogP contribution in [0.15, 0.2) is 18.2 Å². The SMILES string of the molecule is COc1ccc(NC(=O)C2CSCN2)c(O)c1. The Hall–Kier alpha value is -1.40. The van der Waals surface area contributed by atoms with Gasteiger partial charge in [0.1, 0.15) is 11.5 Å².